The molecule has 0 atom stereocenters. The second kappa shape index (κ2) is 6.67. The largest absolute Gasteiger partial charge is 0.302 e. The predicted octanol–water partition coefficient (Wildman–Crippen LogP) is 3.02. The highest BCUT2D eigenvalue weighted by molar-refractivity contribution is 5.31. The molecule has 0 aliphatic heterocycles. The Balaban J connectivity index is 4.35. The second-order valence-electron chi connectivity index (χ2n) is 3.33. The van der Waals surface area contributed by atoms with Gasteiger partial charge in [-0.1, -0.05) is 37.3 Å². The smallest absolute Gasteiger partial charge is 0.0232 e. The van der Waals surface area contributed by atoms with Gasteiger partial charge < -0.3 is 4.90 Å². The quantitative estimate of drug-likeness (QED) is 0.586. The fourth-order valence-corrected chi connectivity index (χ4v) is 0.945. The Labute approximate surface area is 82.4 Å². The van der Waals surface area contributed by atoms with Gasteiger partial charge in [0, 0.05) is 6.54 Å². The van der Waals surface area contributed by atoms with E-state index >= 15 is 0 Å². The summed E-state index contributed by atoms with van der Waals surface area (Å²) >= 11 is 0. The highest BCUT2D eigenvalue weighted by atomic mass is 15.1. The standard InChI is InChI=1S/C12H21N/c1-6-8-9-12(11(3)4)10-13(5)7-2/h6,8-9H,3,7,10H2,1-2,4-5H3/b8-6-,12-9-. The first-order chi connectivity index (χ1) is 6.11. The van der Waals surface area contributed by atoms with Crippen LogP contribution in [0.3, 0.4) is 0 Å². The normalized spacial score (nSPS) is 12.8. The van der Waals surface area contributed by atoms with E-state index in [9.17, 15) is 0 Å². The Morgan fingerprint density at radius 1 is 1.46 bits per heavy atom. The Bertz CT molecular complexity index is 211. The summed E-state index contributed by atoms with van der Waals surface area (Å²) in [6.07, 6.45) is 6.23. The number of hydrogen-bond acceptors (Lipinski definition) is 1. The van der Waals surface area contributed by atoms with Crippen molar-refractivity contribution in [2.75, 3.05) is 20.1 Å². The van der Waals surface area contributed by atoms with Crippen LogP contribution in [0, 0.1) is 0 Å². The molecule has 0 rings (SSSR count). The van der Waals surface area contributed by atoms with Crippen molar-refractivity contribution in [1.29, 1.82) is 0 Å². The molecule has 0 saturated heterocycles. The summed E-state index contributed by atoms with van der Waals surface area (Å²) in [6, 6.07) is 0. The Kier molecular flexibility index (Phi) is 6.25. The highest BCUT2D eigenvalue weighted by Gasteiger charge is 2.00. The maximum Gasteiger partial charge on any atom is 0.0232 e. The SMILES string of the molecule is C=C(C)/C(=C\C=C/C)CN(C)CC. The molecule has 1 nitrogen and oxygen atoms in total. The van der Waals surface area contributed by atoms with Gasteiger partial charge in [-0.15, -0.1) is 0 Å². The summed E-state index contributed by atoms with van der Waals surface area (Å²) in [5.41, 5.74) is 2.46. The summed E-state index contributed by atoms with van der Waals surface area (Å²) in [6.45, 7) is 12.3. The van der Waals surface area contributed by atoms with Crippen LogP contribution < -0.4 is 0 Å². The lowest BCUT2D eigenvalue weighted by Crippen LogP contribution is -2.20. The molecular weight excluding hydrogens is 158 g/mol. The van der Waals surface area contributed by atoms with Gasteiger partial charge >= 0.3 is 0 Å². The zero-order valence-corrected chi connectivity index (χ0v) is 9.30. The van der Waals surface area contributed by atoms with E-state index in [0.29, 0.717) is 0 Å². The van der Waals surface area contributed by atoms with Gasteiger partial charge in [-0.05, 0) is 33.0 Å². The van der Waals surface area contributed by atoms with Crippen LogP contribution in [-0.4, -0.2) is 25.0 Å². The molecule has 0 bridgehead atoms. The molecule has 1 heteroatoms. The molecule has 0 N–H and O–H groups in total. The minimum absolute atomic E-state index is 0.982. The molecule has 0 aliphatic rings. The van der Waals surface area contributed by atoms with E-state index in [1.165, 1.54) is 5.57 Å². The van der Waals surface area contributed by atoms with Crippen LogP contribution in [0.1, 0.15) is 20.8 Å². The minimum atomic E-state index is 0.982. The number of hydrogen-bond donors (Lipinski definition) is 0. The zero-order valence-electron chi connectivity index (χ0n) is 9.30. The van der Waals surface area contributed by atoms with E-state index in [4.69, 9.17) is 0 Å². The van der Waals surface area contributed by atoms with Gasteiger partial charge in [-0.3, -0.25) is 0 Å². The van der Waals surface area contributed by atoms with Gasteiger partial charge in [0.15, 0.2) is 0 Å². The highest BCUT2D eigenvalue weighted by Crippen LogP contribution is 2.08. The molecule has 0 aliphatic carbocycles. The monoisotopic (exact) mass is 179 g/mol. The molecule has 74 valence electrons. The van der Waals surface area contributed by atoms with Crippen LogP contribution in [0.2, 0.25) is 0 Å². The third kappa shape index (κ3) is 5.42. The second-order valence-corrected chi connectivity index (χ2v) is 3.33. The van der Waals surface area contributed by atoms with E-state index in [1.807, 2.05) is 13.0 Å². The van der Waals surface area contributed by atoms with Gasteiger partial charge in [0.2, 0.25) is 0 Å². The molecule has 0 aromatic heterocycles. The third-order valence-electron chi connectivity index (χ3n) is 2.02. The molecule has 0 fully saturated rings. The average Bonchev–Trinajstić information content (AvgIpc) is 2.11. The van der Waals surface area contributed by atoms with Gasteiger partial charge in [-0.2, -0.15) is 0 Å². The lowest BCUT2D eigenvalue weighted by molar-refractivity contribution is 0.385. The molecule has 0 heterocycles. The van der Waals surface area contributed by atoms with Crippen LogP contribution in [0.25, 0.3) is 0 Å². The molecule has 0 unspecified atom stereocenters. The molecule has 0 aromatic carbocycles. The van der Waals surface area contributed by atoms with Crippen molar-refractivity contribution in [2.24, 2.45) is 0 Å². The van der Waals surface area contributed by atoms with Crippen molar-refractivity contribution in [3.63, 3.8) is 0 Å². The topological polar surface area (TPSA) is 3.24 Å². The molecule has 0 aromatic rings. The van der Waals surface area contributed by atoms with Crippen molar-refractivity contribution in [3.05, 3.63) is 36.0 Å². The van der Waals surface area contributed by atoms with E-state index in [2.05, 4.69) is 44.5 Å². The first-order valence-electron chi connectivity index (χ1n) is 4.78. The van der Waals surface area contributed by atoms with Gasteiger partial charge in [0.05, 0.1) is 0 Å². The summed E-state index contributed by atoms with van der Waals surface area (Å²) in [5, 5.41) is 0. The summed E-state index contributed by atoms with van der Waals surface area (Å²) in [7, 11) is 2.12. The Morgan fingerprint density at radius 2 is 2.08 bits per heavy atom. The number of likely N-dealkylation sites (N-methyl/N-ethyl adjacent to an activating group) is 1. The van der Waals surface area contributed by atoms with Crippen molar-refractivity contribution in [3.8, 4) is 0 Å². The third-order valence-corrected chi connectivity index (χ3v) is 2.02. The molecule has 0 saturated carbocycles. The van der Waals surface area contributed by atoms with Crippen LogP contribution in [0.4, 0.5) is 0 Å². The number of rotatable bonds is 5. The van der Waals surface area contributed by atoms with E-state index in [-0.39, 0.29) is 0 Å². The van der Waals surface area contributed by atoms with Gasteiger partial charge in [0.25, 0.3) is 0 Å². The lowest BCUT2D eigenvalue weighted by Gasteiger charge is -2.16. The fraction of sp³-hybridized carbons (Fsp3) is 0.500. The fourth-order valence-electron chi connectivity index (χ4n) is 0.945. The van der Waals surface area contributed by atoms with Crippen molar-refractivity contribution in [2.45, 2.75) is 20.8 Å². The predicted molar refractivity (Wildman–Crippen MR) is 60.9 cm³/mol. The zero-order chi connectivity index (χ0) is 10.3. The molecule has 0 spiro atoms. The van der Waals surface area contributed by atoms with E-state index < -0.39 is 0 Å². The van der Waals surface area contributed by atoms with Crippen LogP contribution in [0.15, 0.2) is 36.0 Å². The number of allylic oxidation sites excluding steroid dienone is 3. The van der Waals surface area contributed by atoms with Crippen LogP contribution in [0.5, 0.6) is 0 Å². The summed E-state index contributed by atoms with van der Waals surface area (Å²) in [4.78, 5) is 2.27. The van der Waals surface area contributed by atoms with E-state index in [1.54, 1.807) is 0 Å². The first kappa shape index (κ1) is 12.2. The first-order valence-corrected chi connectivity index (χ1v) is 4.78. The summed E-state index contributed by atoms with van der Waals surface area (Å²) in [5.74, 6) is 0. The van der Waals surface area contributed by atoms with Crippen LogP contribution in [-0.2, 0) is 0 Å². The number of nitrogens with zero attached hydrogens (tertiary/aromatic N) is 1. The molecule has 0 radical (unpaired) electrons. The van der Waals surface area contributed by atoms with E-state index in [0.717, 1.165) is 18.7 Å². The minimum Gasteiger partial charge on any atom is -0.302 e. The maximum absolute atomic E-state index is 3.97. The lowest BCUT2D eigenvalue weighted by atomic mass is 10.1. The van der Waals surface area contributed by atoms with Gasteiger partial charge in [0.1, 0.15) is 0 Å². The Morgan fingerprint density at radius 3 is 2.46 bits per heavy atom. The van der Waals surface area contributed by atoms with Crippen molar-refractivity contribution >= 4 is 0 Å². The maximum atomic E-state index is 3.97. The molecular formula is C12H21N. The summed E-state index contributed by atoms with van der Waals surface area (Å²) < 4.78 is 0. The molecule has 0 amide bonds. The van der Waals surface area contributed by atoms with Gasteiger partial charge in [-0.25, -0.2) is 0 Å². The Hall–Kier alpha value is -0.820. The van der Waals surface area contributed by atoms with Crippen molar-refractivity contribution in [1.82, 2.24) is 4.90 Å². The molecule has 13 heavy (non-hydrogen) atoms. The van der Waals surface area contributed by atoms with Crippen LogP contribution >= 0.6 is 0 Å². The average molecular weight is 179 g/mol. The van der Waals surface area contributed by atoms with Crippen molar-refractivity contribution < 1.29 is 0 Å².